The number of fused-ring (bicyclic) bond motifs is 1. The molecule has 1 aromatic heterocycles. The second-order valence-electron chi connectivity index (χ2n) is 18.4. The number of aromatic nitrogens is 1. The van der Waals surface area contributed by atoms with E-state index in [9.17, 15) is 28.8 Å². The van der Waals surface area contributed by atoms with Gasteiger partial charge in [0.25, 0.3) is 11.8 Å². The Bertz CT molecular complexity index is 2690. The smallest absolute Gasteiger partial charge is 0.338 e. The number of ether oxygens (including phenoxy) is 2. The Labute approximate surface area is 383 Å². The number of hydrogen-bond acceptors (Lipinski definition) is 8. The Morgan fingerprint density at radius 2 is 1.15 bits per heavy atom. The molecule has 0 saturated heterocycles. The molecule has 4 aliphatic rings. The Balaban J connectivity index is 0.996. The second kappa shape index (κ2) is 19.0. The van der Waals surface area contributed by atoms with E-state index in [2.05, 4.69) is 16.0 Å². The molecule has 3 amide bonds. The van der Waals surface area contributed by atoms with Crippen LogP contribution in [0.3, 0.4) is 0 Å². The molecule has 10 rings (SSSR count). The van der Waals surface area contributed by atoms with Gasteiger partial charge < -0.3 is 25.4 Å². The maximum absolute atomic E-state index is 14.6. The molecule has 1 heterocycles. The molecule has 1 atom stereocenters. The summed E-state index contributed by atoms with van der Waals surface area (Å²) in [5.41, 5.74) is 2.99. The average Bonchev–Trinajstić information content (AvgIpc) is 3.75. The maximum atomic E-state index is 14.6. The standard InChI is InChI=1S/C54H52N4O8/c1-34(59)58-18-17-41-26-45(46(27-48(41)58)49(60)55-33-54-28-38-19-39(29-54)21-40(20-38)30-54)50(61)57-47(22-35-11-5-2-6-12-35)51(62)56-44-24-42(52(63)65-31-36-13-7-3-8-14-36)23-43(25-44)53(64)66-32-37-15-9-4-10-16-37/h2-18,23-27,38-40,47H,19-22,28-33H2,1H3,(H,55,60)(H,56,62)(H,57,61)/t38?,39?,40?,47-,54?/m0/s1. The molecule has 0 unspecified atom stereocenters. The third-order valence-corrected chi connectivity index (χ3v) is 13.4. The Morgan fingerprint density at radius 3 is 1.68 bits per heavy atom. The number of nitrogens with zero attached hydrogens (tertiary/aromatic N) is 1. The summed E-state index contributed by atoms with van der Waals surface area (Å²) >= 11 is 0. The number of carbonyl (C=O) groups is 6. The predicted molar refractivity (Wildman–Crippen MR) is 249 cm³/mol. The van der Waals surface area contributed by atoms with Crippen LogP contribution in [0.25, 0.3) is 10.9 Å². The highest BCUT2D eigenvalue weighted by Crippen LogP contribution is 2.59. The Kier molecular flexibility index (Phi) is 12.6. The first-order chi connectivity index (χ1) is 32.0. The molecule has 0 spiro atoms. The molecule has 4 saturated carbocycles. The van der Waals surface area contributed by atoms with E-state index in [4.69, 9.17) is 9.47 Å². The van der Waals surface area contributed by atoms with Crippen molar-refractivity contribution in [2.45, 2.75) is 71.1 Å². The van der Waals surface area contributed by atoms with E-state index < -0.39 is 35.7 Å². The fourth-order valence-electron chi connectivity index (χ4n) is 10.8. The van der Waals surface area contributed by atoms with Gasteiger partial charge in [-0.15, -0.1) is 0 Å². The fraction of sp³-hybridized carbons (Fsp3) is 0.296. The normalized spacial score (nSPS) is 19.7. The summed E-state index contributed by atoms with van der Waals surface area (Å²) in [6, 6.07) is 35.2. The van der Waals surface area contributed by atoms with E-state index in [0.29, 0.717) is 35.2 Å². The van der Waals surface area contributed by atoms with Crippen LogP contribution >= 0.6 is 0 Å². The number of nitrogens with one attached hydrogen (secondary N) is 3. The van der Waals surface area contributed by atoms with Crippen molar-refractivity contribution in [1.29, 1.82) is 0 Å². The molecule has 5 aromatic carbocycles. The molecule has 12 heteroatoms. The van der Waals surface area contributed by atoms with Crippen LogP contribution in [0.5, 0.6) is 0 Å². The quantitative estimate of drug-likeness (QED) is 0.0862. The molecule has 0 aliphatic heterocycles. The van der Waals surface area contributed by atoms with E-state index >= 15 is 0 Å². The van der Waals surface area contributed by atoms with E-state index in [1.165, 1.54) is 49.0 Å². The van der Waals surface area contributed by atoms with Crippen LogP contribution in [0.2, 0.25) is 0 Å². The Morgan fingerprint density at radius 1 is 0.636 bits per heavy atom. The zero-order valence-electron chi connectivity index (χ0n) is 36.8. The Hall–Kier alpha value is -7.34. The van der Waals surface area contributed by atoms with Gasteiger partial charge in [0.05, 0.1) is 27.8 Å². The summed E-state index contributed by atoms with van der Waals surface area (Å²) in [7, 11) is 0. The van der Waals surface area contributed by atoms with Crippen molar-refractivity contribution in [3.63, 3.8) is 0 Å². The third kappa shape index (κ3) is 9.97. The van der Waals surface area contributed by atoms with Gasteiger partial charge in [0.1, 0.15) is 19.3 Å². The van der Waals surface area contributed by atoms with Gasteiger partial charge in [-0.05, 0) is 115 Å². The highest BCUT2D eigenvalue weighted by Gasteiger charge is 2.50. The lowest BCUT2D eigenvalue weighted by Crippen LogP contribution is -2.51. The van der Waals surface area contributed by atoms with Crippen LogP contribution in [0, 0.1) is 23.2 Å². The van der Waals surface area contributed by atoms with Gasteiger partial charge in [-0.1, -0.05) is 91.0 Å². The van der Waals surface area contributed by atoms with Crippen molar-refractivity contribution in [3.05, 3.63) is 173 Å². The number of esters is 2. The molecular weight excluding hydrogens is 833 g/mol. The molecule has 0 radical (unpaired) electrons. The van der Waals surface area contributed by atoms with E-state index in [-0.39, 0.29) is 58.9 Å². The van der Waals surface area contributed by atoms with Crippen molar-refractivity contribution in [3.8, 4) is 0 Å². The average molecular weight is 885 g/mol. The summed E-state index contributed by atoms with van der Waals surface area (Å²) in [6.45, 7) is 1.88. The van der Waals surface area contributed by atoms with Gasteiger partial charge in [0.15, 0.2) is 0 Å². The molecule has 3 N–H and O–H groups in total. The number of carbonyl (C=O) groups excluding carboxylic acids is 6. The topological polar surface area (TPSA) is 162 Å². The molecule has 12 nitrogen and oxygen atoms in total. The summed E-state index contributed by atoms with van der Waals surface area (Å²) in [6.07, 6.45) is 8.72. The van der Waals surface area contributed by atoms with Crippen LogP contribution in [0.15, 0.2) is 134 Å². The van der Waals surface area contributed by atoms with E-state index in [1.807, 2.05) is 91.0 Å². The summed E-state index contributed by atoms with van der Waals surface area (Å²) in [5.74, 6) is -1.40. The number of rotatable bonds is 15. The minimum absolute atomic E-state index is 0.00552. The van der Waals surface area contributed by atoms with Crippen molar-refractivity contribution >= 4 is 52.2 Å². The largest absolute Gasteiger partial charge is 0.457 e. The van der Waals surface area contributed by atoms with Crippen molar-refractivity contribution in [1.82, 2.24) is 15.2 Å². The first-order valence-electron chi connectivity index (χ1n) is 22.6. The van der Waals surface area contributed by atoms with Crippen molar-refractivity contribution in [2.75, 3.05) is 11.9 Å². The van der Waals surface area contributed by atoms with Gasteiger partial charge in [-0.3, -0.25) is 23.7 Å². The van der Waals surface area contributed by atoms with Crippen LogP contribution in [-0.4, -0.2) is 52.7 Å². The van der Waals surface area contributed by atoms with Crippen LogP contribution in [-0.2, 0) is 33.9 Å². The lowest BCUT2D eigenvalue weighted by Gasteiger charge is -2.56. The zero-order valence-corrected chi connectivity index (χ0v) is 36.8. The van der Waals surface area contributed by atoms with Crippen molar-refractivity contribution < 1.29 is 38.2 Å². The number of benzene rings is 5. The van der Waals surface area contributed by atoms with Crippen LogP contribution < -0.4 is 16.0 Å². The zero-order chi connectivity index (χ0) is 45.8. The fourth-order valence-corrected chi connectivity index (χ4v) is 10.8. The summed E-state index contributed by atoms with van der Waals surface area (Å²) in [5, 5.41) is 9.51. The highest BCUT2D eigenvalue weighted by atomic mass is 16.5. The molecule has 4 bridgehead atoms. The number of amides is 3. The molecular formula is C54H52N4O8. The lowest BCUT2D eigenvalue weighted by molar-refractivity contribution is -0.118. The number of anilines is 1. The first-order valence-corrected chi connectivity index (χ1v) is 22.6. The summed E-state index contributed by atoms with van der Waals surface area (Å²) in [4.78, 5) is 83.2. The molecule has 66 heavy (non-hydrogen) atoms. The SMILES string of the molecule is CC(=O)n1ccc2cc(C(=O)N[C@@H](Cc3ccccc3)C(=O)Nc3cc(C(=O)OCc4ccccc4)cc(C(=O)OCc4ccccc4)c3)c(C(=O)NCC34CC5CC(CC(C5)C3)C4)cc21. The molecule has 6 aromatic rings. The predicted octanol–water partition coefficient (Wildman–Crippen LogP) is 8.94. The highest BCUT2D eigenvalue weighted by molar-refractivity contribution is 6.12. The third-order valence-electron chi connectivity index (χ3n) is 13.4. The minimum Gasteiger partial charge on any atom is -0.457 e. The summed E-state index contributed by atoms with van der Waals surface area (Å²) < 4.78 is 12.7. The molecule has 4 aliphatic carbocycles. The van der Waals surface area contributed by atoms with Gasteiger partial charge in [0, 0.05) is 37.2 Å². The number of hydrogen-bond donors (Lipinski definition) is 3. The van der Waals surface area contributed by atoms with Gasteiger partial charge in [-0.25, -0.2) is 9.59 Å². The maximum Gasteiger partial charge on any atom is 0.338 e. The van der Waals surface area contributed by atoms with Gasteiger partial charge in [0.2, 0.25) is 11.8 Å². The lowest BCUT2D eigenvalue weighted by atomic mass is 9.49. The van der Waals surface area contributed by atoms with E-state index in [1.54, 1.807) is 24.4 Å². The minimum atomic E-state index is -1.21. The van der Waals surface area contributed by atoms with E-state index in [0.717, 1.165) is 36.0 Å². The second-order valence-corrected chi connectivity index (χ2v) is 18.4. The van der Waals surface area contributed by atoms with Gasteiger partial charge >= 0.3 is 11.9 Å². The molecule has 4 fully saturated rings. The van der Waals surface area contributed by atoms with Gasteiger partial charge in [-0.2, -0.15) is 0 Å². The van der Waals surface area contributed by atoms with Crippen LogP contribution in [0.4, 0.5) is 5.69 Å². The molecule has 336 valence electrons. The van der Waals surface area contributed by atoms with Crippen molar-refractivity contribution in [2.24, 2.45) is 23.2 Å². The first kappa shape index (κ1) is 43.9. The van der Waals surface area contributed by atoms with Crippen LogP contribution in [0.1, 0.15) is 108 Å². The monoisotopic (exact) mass is 884 g/mol.